The lowest BCUT2D eigenvalue weighted by molar-refractivity contribution is -0.890. The summed E-state index contributed by atoms with van der Waals surface area (Å²) >= 11 is 0. The molecule has 0 aliphatic heterocycles. The fraction of sp³-hybridized carbons (Fsp3) is 1.00. The van der Waals surface area contributed by atoms with Gasteiger partial charge in [0.2, 0.25) is 0 Å². The maximum absolute atomic E-state index is 2.42. The summed E-state index contributed by atoms with van der Waals surface area (Å²) in [6, 6.07) is 0. The molecule has 1 heteroatoms. The Hall–Kier alpha value is -0.0400. The summed E-state index contributed by atoms with van der Waals surface area (Å²) in [6.45, 7) is 7.34. The van der Waals surface area contributed by atoms with Crippen molar-refractivity contribution in [3.05, 3.63) is 0 Å². The van der Waals surface area contributed by atoms with E-state index in [-0.39, 0.29) is 0 Å². The van der Waals surface area contributed by atoms with E-state index in [0.29, 0.717) is 0 Å². The summed E-state index contributed by atoms with van der Waals surface area (Å²) in [5, 5.41) is 0. The van der Waals surface area contributed by atoms with Crippen LogP contribution in [0.25, 0.3) is 0 Å². The van der Waals surface area contributed by atoms with Gasteiger partial charge in [0, 0.05) is 0 Å². The van der Waals surface area contributed by atoms with Crippen LogP contribution in [0, 0.1) is 0 Å². The van der Waals surface area contributed by atoms with Crippen molar-refractivity contribution < 1.29 is 4.48 Å². The first-order chi connectivity index (χ1) is 10.6. The highest BCUT2D eigenvalue weighted by atomic mass is 15.3. The molecule has 0 aliphatic carbocycles. The van der Waals surface area contributed by atoms with Crippen molar-refractivity contribution in [3.8, 4) is 0 Å². The van der Waals surface area contributed by atoms with Gasteiger partial charge in [0.25, 0.3) is 0 Å². The molecular weight excluding hydrogens is 266 g/mol. The Labute approximate surface area is 142 Å². The van der Waals surface area contributed by atoms with Gasteiger partial charge in [0.15, 0.2) is 0 Å². The normalized spacial score (nSPS) is 12.0. The van der Waals surface area contributed by atoms with Gasteiger partial charge >= 0.3 is 0 Å². The predicted octanol–water partition coefficient (Wildman–Crippen LogP) is 6.95. The zero-order valence-corrected chi connectivity index (χ0v) is 16.5. The molecule has 0 N–H and O–H groups in total. The molecule has 0 saturated carbocycles. The molecule has 0 atom stereocenters. The van der Waals surface area contributed by atoms with Crippen molar-refractivity contribution in [3.63, 3.8) is 0 Å². The van der Waals surface area contributed by atoms with Crippen LogP contribution < -0.4 is 0 Å². The van der Waals surface area contributed by atoms with Gasteiger partial charge in [-0.3, -0.25) is 0 Å². The van der Waals surface area contributed by atoms with Gasteiger partial charge in [-0.25, -0.2) is 0 Å². The standard InChI is InChI=1S/C21H46N/c1-5-7-9-11-12-13-14-15-16-17-19-21-22(3,4)20-18-10-8-6-2/h5-21H2,1-4H3/q+1. The van der Waals surface area contributed by atoms with Crippen molar-refractivity contribution in [1.29, 1.82) is 0 Å². The van der Waals surface area contributed by atoms with Crippen LogP contribution in [-0.4, -0.2) is 31.7 Å². The maximum atomic E-state index is 2.42. The Kier molecular flexibility index (Phi) is 15.8. The lowest BCUT2D eigenvalue weighted by Crippen LogP contribution is -2.41. The van der Waals surface area contributed by atoms with Crippen LogP contribution in [0.2, 0.25) is 0 Å². The second kappa shape index (κ2) is 15.8. The highest BCUT2D eigenvalue weighted by molar-refractivity contribution is 4.48. The van der Waals surface area contributed by atoms with Gasteiger partial charge in [-0.05, 0) is 25.7 Å². The molecule has 0 amide bonds. The van der Waals surface area contributed by atoms with Crippen molar-refractivity contribution in [1.82, 2.24) is 0 Å². The van der Waals surface area contributed by atoms with Crippen LogP contribution in [0.1, 0.15) is 110 Å². The minimum Gasteiger partial charge on any atom is -0.328 e. The Morgan fingerprint density at radius 1 is 0.409 bits per heavy atom. The zero-order chi connectivity index (χ0) is 16.5. The molecule has 0 bridgehead atoms. The molecule has 0 spiro atoms. The molecule has 0 rings (SSSR count). The van der Waals surface area contributed by atoms with Crippen LogP contribution in [0.5, 0.6) is 0 Å². The van der Waals surface area contributed by atoms with E-state index in [9.17, 15) is 0 Å². The first kappa shape index (κ1) is 22.0. The molecule has 0 saturated heterocycles. The van der Waals surface area contributed by atoms with E-state index in [2.05, 4.69) is 27.9 Å². The van der Waals surface area contributed by atoms with Gasteiger partial charge < -0.3 is 4.48 Å². The van der Waals surface area contributed by atoms with E-state index in [1.54, 1.807) is 0 Å². The van der Waals surface area contributed by atoms with Crippen molar-refractivity contribution in [2.45, 2.75) is 110 Å². The molecule has 0 fully saturated rings. The van der Waals surface area contributed by atoms with Crippen LogP contribution in [0.15, 0.2) is 0 Å². The highest BCUT2D eigenvalue weighted by Crippen LogP contribution is 2.13. The van der Waals surface area contributed by atoms with Crippen LogP contribution in [0.3, 0.4) is 0 Å². The summed E-state index contributed by atoms with van der Waals surface area (Å²) in [7, 11) is 4.84. The first-order valence-electron chi connectivity index (χ1n) is 10.4. The second-order valence-corrected chi connectivity index (χ2v) is 7.98. The number of unbranched alkanes of at least 4 members (excludes halogenated alkanes) is 13. The van der Waals surface area contributed by atoms with E-state index in [1.165, 1.54) is 114 Å². The Balaban J connectivity index is 3.26. The second-order valence-electron chi connectivity index (χ2n) is 7.98. The minimum absolute atomic E-state index is 1.24. The van der Waals surface area contributed by atoms with Crippen molar-refractivity contribution in [2.24, 2.45) is 0 Å². The molecule has 1 nitrogen and oxygen atoms in total. The summed E-state index contributed by atoms with van der Waals surface area (Å²) in [4.78, 5) is 0. The van der Waals surface area contributed by atoms with E-state index in [4.69, 9.17) is 0 Å². The minimum atomic E-state index is 1.24. The van der Waals surface area contributed by atoms with Crippen LogP contribution in [-0.2, 0) is 0 Å². The molecule has 0 heterocycles. The number of quaternary nitrogens is 1. The number of nitrogens with zero attached hydrogens (tertiary/aromatic N) is 1. The lowest BCUT2D eigenvalue weighted by Gasteiger charge is -2.30. The molecule has 0 aromatic heterocycles. The Bertz CT molecular complexity index is 210. The first-order valence-corrected chi connectivity index (χ1v) is 10.4. The van der Waals surface area contributed by atoms with E-state index >= 15 is 0 Å². The topological polar surface area (TPSA) is 0 Å². The smallest absolute Gasteiger partial charge is 0.0782 e. The molecule has 22 heavy (non-hydrogen) atoms. The van der Waals surface area contributed by atoms with Gasteiger partial charge in [0.05, 0.1) is 27.2 Å². The molecule has 0 aromatic carbocycles. The molecule has 134 valence electrons. The van der Waals surface area contributed by atoms with Crippen molar-refractivity contribution >= 4 is 0 Å². The van der Waals surface area contributed by atoms with Crippen LogP contribution >= 0.6 is 0 Å². The maximum Gasteiger partial charge on any atom is 0.0782 e. The fourth-order valence-electron chi connectivity index (χ4n) is 3.28. The average Bonchev–Trinajstić information content (AvgIpc) is 2.49. The summed E-state index contributed by atoms with van der Waals surface area (Å²) in [5.41, 5.74) is 0. The monoisotopic (exact) mass is 312 g/mol. The highest BCUT2D eigenvalue weighted by Gasteiger charge is 2.13. The molecule has 0 radical (unpaired) electrons. The lowest BCUT2D eigenvalue weighted by atomic mass is 10.1. The number of rotatable bonds is 17. The van der Waals surface area contributed by atoms with Crippen LogP contribution in [0.4, 0.5) is 0 Å². The third-order valence-electron chi connectivity index (χ3n) is 4.98. The predicted molar refractivity (Wildman–Crippen MR) is 102 cm³/mol. The molecule has 0 aromatic rings. The van der Waals surface area contributed by atoms with Crippen molar-refractivity contribution in [2.75, 3.05) is 27.2 Å². The van der Waals surface area contributed by atoms with Gasteiger partial charge in [-0.1, -0.05) is 84.5 Å². The number of hydrogen-bond donors (Lipinski definition) is 0. The average molecular weight is 313 g/mol. The third kappa shape index (κ3) is 16.3. The molecule has 0 aliphatic rings. The Morgan fingerprint density at radius 3 is 1.05 bits per heavy atom. The van der Waals surface area contributed by atoms with Gasteiger partial charge in [-0.15, -0.1) is 0 Å². The summed E-state index contributed by atoms with van der Waals surface area (Å²) in [5.74, 6) is 0. The van der Waals surface area contributed by atoms with E-state index in [1.807, 2.05) is 0 Å². The van der Waals surface area contributed by atoms with Gasteiger partial charge in [0.1, 0.15) is 0 Å². The SMILES string of the molecule is CCCCCCCCCCCCC[N+](C)(C)CCCCCC. The molecular formula is C21H46N+. The van der Waals surface area contributed by atoms with Gasteiger partial charge in [-0.2, -0.15) is 0 Å². The largest absolute Gasteiger partial charge is 0.328 e. The summed E-state index contributed by atoms with van der Waals surface area (Å²) < 4.78 is 1.24. The molecule has 0 unspecified atom stereocenters. The van der Waals surface area contributed by atoms with E-state index < -0.39 is 0 Å². The summed E-state index contributed by atoms with van der Waals surface area (Å²) in [6.07, 6.45) is 21.6. The fourth-order valence-corrected chi connectivity index (χ4v) is 3.28. The number of hydrogen-bond acceptors (Lipinski definition) is 0. The Morgan fingerprint density at radius 2 is 0.682 bits per heavy atom. The zero-order valence-electron chi connectivity index (χ0n) is 16.5. The third-order valence-corrected chi connectivity index (χ3v) is 4.98. The quantitative estimate of drug-likeness (QED) is 0.201. The van der Waals surface area contributed by atoms with E-state index in [0.717, 1.165) is 0 Å².